The molecule has 120 valence electrons. The lowest BCUT2D eigenvalue weighted by atomic mass is 10.1. The van der Waals surface area contributed by atoms with Crippen molar-refractivity contribution in [2.45, 2.75) is 30.0 Å². The molecular formula is C10H17N3O5S3. The van der Waals surface area contributed by atoms with Crippen molar-refractivity contribution in [3.63, 3.8) is 0 Å². The van der Waals surface area contributed by atoms with Gasteiger partial charge in [0.2, 0.25) is 10.0 Å². The molecular weight excluding hydrogens is 338 g/mol. The molecule has 0 spiro atoms. The van der Waals surface area contributed by atoms with Crippen molar-refractivity contribution < 1.29 is 16.8 Å². The van der Waals surface area contributed by atoms with E-state index in [0.29, 0.717) is 29.9 Å². The van der Waals surface area contributed by atoms with Gasteiger partial charge >= 0.3 is 4.87 Å². The Bertz CT molecular complexity index is 769. The van der Waals surface area contributed by atoms with Crippen molar-refractivity contribution >= 4 is 31.4 Å². The highest BCUT2D eigenvalue weighted by Gasteiger charge is 2.29. The summed E-state index contributed by atoms with van der Waals surface area (Å²) in [6.45, 7) is 2.10. The number of H-pyrrole nitrogens is 1. The van der Waals surface area contributed by atoms with Crippen molar-refractivity contribution in [1.29, 1.82) is 0 Å². The van der Waals surface area contributed by atoms with Gasteiger partial charge in [-0.2, -0.15) is 0 Å². The maximum absolute atomic E-state index is 12.2. The average molecular weight is 355 g/mol. The minimum Gasteiger partial charge on any atom is -0.315 e. The minimum atomic E-state index is -3.75. The monoisotopic (exact) mass is 355 g/mol. The Morgan fingerprint density at radius 1 is 1.24 bits per heavy atom. The highest BCUT2D eigenvalue weighted by molar-refractivity contribution is 7.91. The Balaban J connectivity index is 2.07. The molecule has 1 aliphatic heterocycles. The van der Waals surface area contributed by atoms with Gasteiger partial charge in [0.15, 0.2) is 4.21 Å². The van der Waals surface area contributed by atoms with Gasteiger partial charge < -0.3 is 4.98 Å². The summed E-state index contributed by atoms with van der Waals surface area (Å²) in [6.07, 6.45) is 1.95. The Kier molecular flexibility index (Phi) is 4.59. The lowest BCUT2D eigenvalue weighted by molar-refractivity contribution is 0.310. The number of nitrogens with zero attached hydrogens (tertiary/aromatic N) is 1. The van der Waals surface area contributed by atoms with Gasteiger partial charge in [0, 0.05) is 24.8 Å². The number of aromatic nitrogens is 1. The molecule has 1 aromatic rings. The summed E-state index contributed by atoms with van der Waals surface area (Å²) in [6, 6.07) is -0.329. The second-order valence-corrected chi connectivity index (χ2v) is 9.86. The maximum atomic E-state index is 12.2. The Morgan fingerprint density at radius 3 is 2.24 bits per heavy atom. The predicted octanol–water partition coefficient (Wildman–Crippen LogP) is -0.553. The second kappa shape index (κ2) is 5.80. The summed E-state index contributed by atoms with van der Waals surface area (Å²) in [5.74, 6) is 0. The number of hydrogen-bond donors (Lipinski definition) is 2. The van der Waals surface area contributed by atoms with E-state index in [1.165, 1.54) is 11.2 Å². The number of rotatable bonds is 4. The molecule has 0 aliphatic carbocycles. The third kappa shape index (κ3) is 3.92. The van der Waals surface area contributed by atoms with Crippen molar-refractivity contribution in [2.24, 2.45) is 0 Å². The number of nitrogens with one attached hydrogen (secondary N) is 2. The summed E-state index contributed by atoms with van der Waals surface area (Å²) in [5.41, 5.74) is 0.311. The third-order valence-corrected chi connectivity index (χ3v) is 7.70. The summed E-state index contributed by atoms with van der Waals surface area (Å²) in [5, 5.41) is 0. The average Bonchev–Trinajstić information content (AvgIpc) is 2.68. The van der Waals surface area contributed by atoms with E-state index < -0.39 is 24.9 Å². The van der Waals surface area contributed by atoms with Crippen LogP contribution in [0.25, 0.3) is 0 Å². The van der Waals surface area contributed by atoms with E-state index in [2.05, 4.69) is 9.71 Å². The predicted molar refractivity (Wildman–Crippen MR) is 79.4 cm³/mol. The van der Waals surface area contributed by atoms with Crippen LogP contribution in [0.1, 0.15) is 18.5 Å². The standard InChI is InChI=1S/C10H17N3O5S3/c1-7-9(19-10(14)11-7)21(17,18)12-8-3-5-13(6-4-8)20(2,15)16/h8,12H,3-6H2,1-2H3,(H,11,14). The molecule has 0 atom stereocenters. The highest BCUT2D eigenvalue weighted by Crippen LogP contribution is 2.19. The molecule has 1 fully saturated rings. The highest BCUT2D eigenvalue weighted by atomic mass is 32.2. The van der Waals surface area contributed by atoms with Gasteiger partial charge in [0.25, 0.3) is 10.0 Å². The number of aryl methyl sites for hydroxylation is 1. The van der Waals surface area contributed by atoms with Gasteiger partial charge in [0.1, 0.15) is 0 Å². The van der Waals surface area contributed by atoms with Gasteiger partial charge in [-0.1, -0.05) is 11.3 Å². The molecule has 0 saturated carbocycles. The normalized spacial score (nSPS) is 19.0. The Labute approximate surface area is 127 Å². The number of thiazole rings is 1. The van der Waals surface area contributed by atoms with Crippen LogP contribution >= 0.6 is 11.3 Å². The minimum absolute atomic E-state index is 0.0157. The van der Waals surface area contributed by atoms with E-state index in [4.69, 9.17) is 0 Å². The molecule has 0 aromatic carbocycles. The van der Waals surface area contributed by atoms with Gasteiger partial charge in [-0.15, -0.1) is 0 Å². The van der Waals surface area contributed by atoms with Crippen molar-refractivity contribution in [2.75, 3.05) is 19.3 Å². The Morgan fingerprint density at radius 2 is 1.81 bits per heavy atom. The first-order valence-corrected chi connectivity index (χ1v) is 10.4. The first-order valence-electron chi connectivity index (χ1n) is 6.27. The molecule has 0 amide bonds. The topological polar surface area (TPSA) is 116 Å². The van der Waals surface area contributed by atoms with Gasteiger partial charge in [-0.25, -0.2) is 25.9 Å². The van der Waals surface area contributed by atoms with Gasteiger partial charge in [-0.3, -0.25) is 4.79 Å². The number of piperidine rings is 1. The molecule has 2 N–H and O–H groups in total. The van der Waals surface area contributed by atoms with Crippen LogP contribution in [0.15, 0.2) is 9.00 Å². The van der Waals surface area contributed by atoms with E-state index in [0.717, 1.165) is 6.26 Å². The van der Waals surface area contributed by atoms with Crippen LogP contribution in [0.2, 0.25) is 0 Å². The number of hydrogen-bond acceptors (Lipinski definition) is 6. The molecule has 0 bridgehead atoms. The lowest BCUT2D eigenvalue weighted by Crippen LogP contribution is -2.46. The van der Waals surface area contributed by atoms with Crippen molar-refractivity contribution in [3.8, 4) is 0 Å². The lowest BCUT2D eigenvalue weighted by Gasteiger charge is -2.30. The third-order valence-electron chi connectivity index (χ3n) is 3.27. The first-order chi connectivity index (χ1) is 9.59. The second-order valence-electron chi connectivity index (χ2n) is 4.98. The van der Waals surface area contributed by atoms with Crippen LogP contribution in [0.3, 0.4) is 0 Å². The van der Waals surface area contributed by atoms with E-state index >= 15 is 0 Å². The summed E-state index contributed by atoms with van der Waals surface area (Å²) in [4.78, 5) is 13.2. The smallest absolute Gasteiger partial charge is 0.305 e. The Hall–Kier alpha value is -0.750. The molecule has 8 nitrogen and oxygen atoms in total. The fourth-order valence-corrected chi connectivity index (χ4v) is 5.72. The first kappa shape index (κ1) is 16.6. The van der Waals surface area contributed by atoms with Gasteiger partial charge in [-0.05, 0) is 19.8 Å². The van der Waals surface area contributed by atoms with Gasteiger partial charge in [0.05, 0.1) is 6.26 Å². The number of aromatic amines is 1. The van der Waals surface area contributed by atoms with E-state index in [9.17, 15) is 21.6 Å². The van der Waals surface area contributed by atoms with E-state index in [1.807, 2.05) is 0 Å². The summed E-state index contributed by atoms with van der Waals surface area (Å²) < 4.78 is 51.1. The summed E-state index contributed by atoms with van der Waals surface area (Å²) in [7, 11) is -6.99. The molecule has 2 heterocycles. The molecule has 0 unspecified atom stereocenters. The van der Waals surface area contributed by atoms with Crippen LogP contribution in [-0.4, -0.2) is 51.5 Å². The van der Waals surface area contributed by atoms with Crippen LogP contribution < -0.4 is 9.60 Å². The van der Waals surface area contributed by atoms with E-state index in [-0.39, 0.29) is 23.3 Å². The molecule has 0 radical (unpaired) electrons. The molecule has 1 aromatic heterocycles. The zero-order chi connectivity index (χ0) is 15.8. The van der Waals surface area contributed by atoms with Crippen LogP contribution in [0.4, 0.5) is 0 Å². The maximum Gasteiger partial charge on any atom is 0.305 e. The molecule has 1 saturated heterocycles. The van der Waals surface area contributed by atoms with Crippen LogP contribution in [-0.2, 0) is 20.0 Å². The zero-order valence-electron chi connectivity index (χ0n) is 11.6. The summed E-state index contributed by atoms with van der Waals surface area (Å²) >= 11 is 0.647. The fraction of sp³-hybridized carbons (Fsp3) is 0.700. The molecule has 11 heteroatoms. The van der Waals surface area contributed by atoms with Crippen molar-refractivity contribution in [1.82, 2.24) is 14.0 Å². The molecule has 21 heavy (non-hydrogen) atoms. The largest absolute Gasteiger partial charge is 0.315 e. The zero-order valence-corrected chi connectivity index (χ0v) is 14.1. The fourth-order valence-electron chi connectivity index (χ4n) is 2.23. The quantitative estimate of drug-likeness (QED) is 0.751. The SMILES string of the molecule is Cc1[nH]c(=O)sc1S(=O)(=O)NC1CCN(S(C)(=O)=O)CC1. The molecule has 2 rings (SSSR count). The van der Waals surface area contributed by atoms with Crippen LogP contribution in [0, 0.1) is 6.92 Å². The van der Waals surface area contributed by atoms with E-state index in [1.54, 1.807) is 0 Å². The van der Waals surface area contributed by atoms with Crippen LogP contribution in [0.5, 0.6) is 0 Å². The van der Waals surface area contributed by atoms with Crippen molar-refractivity contribution in [3.05, 3.63) is 15.4 Å². The number of sulfonamides is 2. The molecule has 1 aliphatic rings.